The molecule has 0 amide bonds. The van der Waals surface area contributed by atoms with E-state index in [2.05, 4.69) is 20.7 Å². The molecule has 0 saturated carbocycles. The van der Waals surface area contributed by atoms with Crippen LogP contribution in [0.15, 0.2) is 6.07 Å². The smallest absolute Gasteiger partial charge is 0.145 e. The molecular weight excluding hydrogens is 182 g/mol. The molecule has 6 heteroatoms. The second kappa shape index (κ2) is 5.36. The summed E-state index contributed by atoms with van der Waals surface area (Å²) in [7, 11) is 1.65. The average Bonchev–Trinajstić information content (AvgIpc) is 2.17. The fraction of sp³-hybridized carbons (Fsp3) is 0.500. The van der Waals surface area contributed by atoms with E-state index in [0.717, 1.165) is 5.82 Å². The quantitative estimate of drug-likeness (QED) is 0.353. The highest BCUT2D eigenvalue weighted by Gasteiger charge is 1.99. The van der Waals surface area contributed by atoms with E-state index in [0.29, 0.717) is 24.8 Å². The molecule has 0 spiro atoms. The van der Waals surface area contributed by atoms with E-state index in [1.165, 1.54) is 0 Å². The lowest BCUT2D eigenvalue weighted by Crippen LogP contribution is -2.13. The van der Waals surface area contributed by atoms with E-state index < -0.39 is 0 Å². The number of hydrogen-bond donors (Lipinski definition) is 3. The van der Waals surface area contributed by atoms with Crippen LogP contribution in [0.25, 0.3) is 0 Å². The van der Waals surface area contributed by atoms with Gasteiger partial charge in [0.2, 0.25) is 0 Å². The predicted molar refractivity (Wildman–Crippen MR) is 54.9 cm³/mol. The van der Waals surface area contributed by atoms with Gasteiger partial charge < -0.3 is 15.5 Å². The van der Waals surface area contributed by atoms with Crippen LogP contribution in [0.4, 0.5) is 11.6 Å². The minimum Gasteiger partial charge on any atom is -0.383 e. The molecule has 0 aliphatic heterocycles. The van der Waals surface area contributed by atoms with Gasteiger partial charge in [0, 0.05) is 19.7 Å². The van der Waals surface area contributed by atoms with Crippen molar-refractivity contribution in [3.05, 3.63) is 11.9 Å². The number of nitrogen functional groups attached to an aromatic ring is 1. The topological polar surface area (TPSA) is 85.1 Å². The van der Waals surface area contributed by atoms with Crippen LogP contribution in [0.3, 0.4) is 0 Å². The molecule has 4 N–H and O–H groups in total. The number of nitrogens with zero attached hydrogens (tertiary/aromatic N) is 2. The third-order valence-corrected chi connectivity index (χ3v) is 1.60. The van der Waals surface area contributed by atoms with Crippen molar-refractivity contribution in [1.82, 2.24) is 9.97 Å². The summed E-state index contributed by atoms with van der Waals surface area (Å²) >= 11 is 0. The number of aryl methyl sites for hydroxylation is 1. The highest BCUT2D eigenvalue weighted by molar-refractivity contribution is 5.46. The first-order chi connectivity index (χ1) is 6.76. The zero-order chi connectivity index (χ0) is 10.4. The molecule has 1 aromatic heterocycles. The number of hydrazine groups is 1. The van der Waals surface area contributed by atoms with E-state index in [4.69, 9.17) is 10.6 Å². The molecule has 0 atom stereocenters. The number of aromatic nitrogens is 2. The Morgan fingerprint density at radius 1 is 1.43 bits per heavy atom. The number of rotatable bonds is 5. The first-order valence-electron chi connectivity index (χ1n) is 4.31. The fourth-order valence-corrected chi connectivity index (χ4v) is 1.01. The zero-order valence-corrected chi connectivity index (χ0v) is 8.37. The second-order valence-electron chi connectivity index (χ2n) is 2.75. The number of methoxy groups -OCH3 is 1. The summed E-state index contributed by atoms with van der Waals surface area (Å²) in [5, 5.41) is 3.09. The SMILES string of the molecule is COCCNc1cc(NN)nc(C)n1. The molecule has 0 aliphatic carbocycles. The Labute approximate surface area is 82.9 Å². The minimum atomic E-state index is 0.595. The second-order valence-corrected chi connectivity index (χ2v) is 2.75. The van der Waals surface area contributed by atoms with E-state index in [1.54, 1.807) is 13.2 Å². The van der Waals surface area contributed by atoms with Crippen LogP contribution in [0.1, 0.15) is 5.82 Å². The molecule has 0 fully saturated rings. The van der Waals surface area contributed by atoms with Crippen molar-refractivity contribution in [2.24, 2.45) is 5.84 Å². The molecule has 0 unspecified atom stereocenters. The first-order valence-corrected chi connectivity index (χ1v) is 4.31. The molecule has 0 aliphatic rings. The highest BCUT2D eigenvalue weighted by Crippen LogP contribution is 2.08. The number of hydrogen-bond acceptors (Lipinski definition) is 6. The van der Waals surface area contributed by atoms with Gasteiger partial charge in [0.05, 0.1) is 6.61 Å². The monoisotopic (exact) mass is 197 g/mol. The van der Waals surface area contributed by atoms with Crippen molar-refractivity contribution >= 4 is 11.6 Å². The van der Waals surface area contributed by atoms with Crippen molar-refractivity contribution in [3.8, 4) is 0 Å². The van der Waals surface area contributed by atoms with Crippen molar-refractivity contribution in [2.75, 3.05) is 31.0 Å². The molecule has 1 rings (SSSR count). The van der Waals surface area contributed by atoms with Crippen LogP contribution < -0.4 is 16.6 Å². The van der Waals surface area contributed by atoms with E-state index in [-0.39, 0.29) is 0 Å². The lowest BCUT2D eigenvalue weighted by Gasteiger charge is -2.07. The predicted octanol–water partition coefficient (Wildman–Crippen LogP) is 0.129. The Bertz CT molecular complexity index is 291. The Balaban J connectivity index is 2.62. The van der Waals surface area contributed by atoms with E-state index in [1.807, 2.05) is 6.92 Å². The summed E-state index contributed by atoms with van der Waals surface area (Å²) in [4.78, 5) is 8.24. The maximum absolute atomic E-state index is 5.25. The van der Waals surface area contributed by atoms with Gasteiger partial charge in [0.15, 0.2) is 0 Å². The molecule has 0 saturated heterocycles. The van der Waals surface area contributed by atoms with Crippen LogP contribution in [0.5, 0.6) is 0 Å². The Hall–Kier alpha value is -1.40. The molecule has 1 heterocycles. The van der Waals surface area contributed by atoms with Crippen LogP contribution in [-0.4, -0.2) is 30.2 Å². The number of anilines is 2. The van der Waals surface area contributed by atoms with Crippen LogP contribution in [0, 0.1) is 6.92 Å². The average molecular weight is 197 g/mol. The summed E-state index contributed by atoms with van der Waals surface area (Å²) in [6.45, 7) is 3.15. The lowest BCUT2D eigenvalue weighted by atomic mass is 10.5. The van der Waals surface area contributed by atoms with Crippen LogP contribution in [0.2, 0.25) is 0 Å². The Morgan fingerprint density at radius 2 is 2.14 bits per heavy atom. The minimum absolute atomic E-state index is 0.595. The molecular formula is C8H15N5O. The summed E-state index contributed by atoms with van der Waals surface area (Å²) in [5.74, 6) is 7.25. The molecule has 1 aromatic rings. The van der Waals surface area contributed by atoms with Gasteiger partial charge in [-0.15, -0.1) is 0 Å². The summed E-state index contributed by atoms with van der Waals surface area (Å²) in [5.41, 5.74) is 2.48. The molecule has 0 bridgehead atoms. The molecule has 14 heavy (non-hydrogen) atoms. The molecule has 6 nitrogen and oxygen atoms in total. The van der Waals surface area contributed by atoms with E-state index in [9.17, 15) is 0 Å². The lowest BCUT2D eigenvalue weighted by molar-refractivity contribution is 0.210. The van der Waals surface area contributed by atoms with Gasteiger partial charge in [0.1, 0.15) is 17.5 Å². The summed E-state index contributed by atoms with van der Waals surface area (Å²) in [6.07, 6.45) is 0. The van der Waals surface area contributed by atoms with Gasteiger partial charge in [-0.25, -0.2) is 15.8 Å². The number of nitrogens with two attached hydrogens (primary N) is 1. The summed E-state index contributed by atoms with van der Waals surface area (Å²) in [6, 6.07) is 1.74. The molecule has 0 radical (unpaired) electrons. The maximum Gasteiger partial charge on any atom is 0.145 e. The normalized spacial score (nSPS) is 9.93. The molecule has 78 valence electrons. The fourth-order valence-electron chi connectivity index (χ4n) is 1.01. The zero-order valence-electron chi connectivity index (χ0n) is 8.37. The van der Waals surface area contributed by atoms with Gasteiger partial charge in [0.25, 0.3) is 0 Å². The van der Waals surface area contributed by atoms with Gasteiger partial charge in [-0.3, -0.25) is 0 Å². The van der Waals surface area contributed by atoms with Crippen molar-refractivity contribution in [2.45, 2.75) is 6.92 Å². The third kappa shape index (κ3) is 3.15. The third-order valence-electron chi connectivity index (χ3n) is 1.60. The number of nitrogens with one attached hydrogen (secondary N) is 2. The standard InChI is InChI=1S/C8H15N5O/c1-6-11-7(10-3-4-14-2)5-8(12-6)13-9/h5H,3-4,9H2,1-2H3,(H2,10,11,12,13). The largest absolute Gasteiger partial charge is 0.383 e. The molecule has 0 aromatic carbocycles. The van der Waals surface area contributed by atoms with Crippen LogP contribution in [-0.2, 0) is 4.74 Å². The van der Waals surface area contributed by atoms with Gasteiger partial charge >= 0.3 is 0 Å². The van der Waals surface area contributed by atoms with E-state index >= 15 is 0 Å². The summed E-state index contributed by atoms with van der Waals surface area (Å²) < 4.78 is 4.90. The number of ether oxygens (including phenoxy) is 1. The Kier molecular flexibility index (Phi) is 4.09. The Morgan fingerprint density at radius 3 is 2.79 bits per heavy atom. The van der Waals surface area contributed by atoms with Crippen molar-refractivity contribution in [3.63, 3.8) is 0 Å². The van der Waals surface area contributed by atoms with Crippen molar-refractivity contribution in [1.29, 1.82) is 0 Å². The van der Waals surface area contributed by atoms with Gasteiger partial charge in [-0.1, -0.05) is 0 Å². The first kappa shape index (κ1) is 10.7. The highest BCUT2D eigenvalue weighted by atomic mass is 16.5. The maximum atomic E-state index is 5.25. The van der Waals surface area contributed by atoms with Crippen LogP contribution >= 0.6 is 0 Å². The van der Waals surface area contributed by atoms with Gasteiger partial charge in [-0.2, -0.15) is 0 Å². The van der Waals surface area contributed by atoms with Crippen molar-refractivity contribution < 1.29 is 4.74 Å². The van der Waals surface area contributed by atoms with Gasteiger partial charge in [-0.05, 0) is 6.92 Å².